The molecule has 7 heteroatoms. The van der Waals surface area contributed by atoms with Gasteiger partial charge in [-0.3, -0.25) is 0 Å². The first-order valence-electron chi connectivity index (χ1n) is 15.6. The third kappa shape index (κ3) is 6.93. The van der Waals surface area contributed by atoms with Gasteiger partial charge in [0.2, 0.25) is 0 Å². The lowest BCUT2D eigenvalue weighted by atomic mass is 9.87. The van der Waals surface area contributed by atoms with Crippen molar-refractivity contribution in [2.45, 2.75) is 55.9 Å². The molecule has 236 valence electrons. The van der Waals surface area contributed by atoms with E-state index in [1.54, 1.807) is 18.9 Å². The number of fused-ring (bicyclic) bond motifs is 1. The van der Waals surface area contributed by atoms with E-state index in [1.807, 2.05) is 42.5 Å². The SMILES string of the molecule is COC1(c2ccc(C)c(Cc3ccc4c(c3)OCCO4)c2)S[C@H](CO)[C@@H](C)[C@H](OCc2ccccc2)[C@H]1OCc1ccccc1. The Morgan fingerprint density at radius 1 is 0.800 bits per heavy atom. The van der Waals surface area contributed by atoms with Crippen molar-refractivity contribution < 1.29 is 28.8 Å². The fourth-order valence-electron chi connectivity index (χ4n) is 6.29. The molecule has 1 unspecified atom stereocenters. The number of rotatable bonds is 11. The first-order valence-corrected chi connectivity index (χ1v) is 16.5. The molecule has 0 bridgehead atoms. The van der Waals surface area contributed by atoms with Crippen molar-refractivity contribution in [2.75, 3.05) is 26.9 Å². The first kappa shape index (κ1) is 31.6. The van der Waals surface area contributed by atoms with Crippen LogP contribution in [0.2, 0.25) is 0 Å². The first-order chi connectivity index (χ1) is 22.0. The number of aliphatic hydroxyl groups excluding tert-OH is 1. The Bertz CT molecular complexity index is 1550. The zero-order valence-corrected chi connectivity index (χ0v) is 27.0. The van der Waals surface area contributed by atoms with Gasteiger partial charge in [0.25, 0.3) is 0 Å². The second kappa shape index (κ2) is 14.4. The predicted octanol–water partition coefficient (Wildman–Crippen LogP) is 7.07. The third-order valence-corrected chi connectivity index (χ3v) is 10.8. The van der Waals surface area contributed by atoms with Gasteiger partial charge in [-0.1, -0.05) is 91.9 Å². The molecule has 4 aromatic carbocycles. The predicted molar refractivity (Wildman–Crippen MR) is 178 cm³/mol. The lowest BCUT2D eigenvalue weighted by molar-refractivity contribution is -0.177. The van der Waals surface area contributed by atoms with Crippen molar-refractivity contribution in [1.82, 2.24) is 0 Å². The Morgan fingerprint density at radius 3 is 2.13 bits per heavy atom. The summed E-state index contributed by atoms with van der Waals surface area (Å²) in [6.45, 7) is 6.26. The molecule has 6 nitrogen and oxygen atoms in total. The molecule has 1 saturated heterocycles. The van der Waals surface area contributed by atoms with E-state index in [1.165, 1.54) is 11.1 Å². The molecule has 2 aliphatic heterocycles. The lowest BCUT2D eigenvalue weighted by Crippen LogP contribution is -2.58. The topological polar surface area (TPSA) is 66.4 Å². The monoisotopic (exact) mass is 626 g/mol. The summed E-state index contributed by atoms with van der Waals surface area (Å²) in [4.78, 5) is -0.925. The quantitative estimate of drug-likeness (QED) is 0.191. The summed E-state index contributed by atoms with van der Waals surface area (Å²) < 4.78 is 31.8. The van der Waals surface area contributed by atoms with E-state index in [0.29, 0.717) is 26.4 Å². The molecule has 0 saturated carbocycles. The van der Waals surface area contributed by atoms with Gasteiger partial charge in [-0.05, 0) is 64.8 Å². The van der Waals surface area contributed by atoms with Crippen LogP contribution in [-0.4, -0.2) is 49.5 Å². The molecular formula is C38H42O6S. The Labute approximate surface area is 270 Å². The smallest absolute Gasteiger partial charge is 0.167 e. The van der Waals surface area contributed by atoms with Crippen molar-refractivity contribution in [2.24, 2.45) is 5.92 Å². The van der Waals surface area contributed by atoms with Gasteiger partial charge in [0.15, 0.2) is 16.4 Å². The fraction of sp³-hybridized carbons (Fsp3) is 0.368. The van der Waals surface area contributed by atoms with Gasteiger partial charge in [0, 0.05) is 12.4 Å². The van der Waals surface area contributed by atoms with Crippen molar-refractivity contribution in [3.63, 3.8) is 0 Å². The van der Waals surface area contributed by atoms with Crippen molar-refractivity contribution in [1.29, 1.82) is 0 Å². The lowest BCUT2D eigenvalue weighted by Gasteiger charge is -2.51. The van der Waals surface area contributed by atoms with E-state index in [0.717, 1.165) is 40.2 Å². The van der Waals surface area contributed by atoms with E-state index in [-0.39, 0.29) is 23.9 Å². The summed E-state index contributed by atoms with van der Waals surface area (Å²) in [6, 6.07) is 33.1. The molecule has 2 heterocycles. The molecule has 0 aliphatic carbocycles. The molecule has 0 radical (unpaired) electrons. The summed E-state index contributed by atoms with van der Waals surface area (Å²) in [5, 5.41) is 10.5. The minimum absolute atomic E-state index is 0.00343. The van der Waals surface area contributed by atoms with E-state index in [2.05, 4.69) is 68.4 Å². The molecule has 6 rings (SSSR count). The number of aryl methyl sites for hydroxylation is 1. The van der Waals surface area contributed by atoms with Gasteiger partial charge in [-0.2, -0.15) is 0 Å². The molecule has 2 aliphatic rings. The average molecular weight is 627 g/mol. The molecule has 0 spiro atoms. The molecular weight excluding hydrogens is 584 g/mol. The highest BCUT2D eigenvalue weighted by Crippen LogP contribution is 2.53. The highest BCUT2D eigenvalue weighted by molar-refractivity contribution is 8.00. The Kier molecular flexibility index (Phi) is 10.1. The van der Waals surface area contributed by atoms with Crippen LogP contribution in [0.3, 0.4) is 0 Å². The number of methoxy groups -OCH3 is 1. The number of aliphatic hydroxyl groups is 1. The maximum atomic E-state index is 10.6. The fourth-order valence-corrected chi connectivity index (χ4v) is 7.88. The molecule has 1 fully saturated rings. The van der Waals surface area contributed by atoms with E-state index in [9.17, 15) is 5.11 Å². The van der Waals surface area contributed by atoms with E-state index in [4.69, 9.17) is 23.7 Å². The number of benzene rings is 4. The number of hydrogen-bond acceptors (Lipinski definition) is 7. The van der Waals surface area contributed by atoms with Crippen LogP contribution >= 0.6 is 11.8 Å². The van der Waals surface area contributed by atoms with Crippen LogP contribution in [0, 0.1) is 12.8 Å². The van der Waals surface area contributed by atoms with Crippen LogP contribution in [0.15, 0.2) is 97.1 Å². The molecule has 4 aromatic rings. The Balaban J connectivity index is 1.37. The third-order valence-electron chi connectivity index (χ3n) is 8.90. The highest BCUT2D eigenvalue weighted by Gasteiger charge is 2.56. The second-order valence-corrected chi connectivity index (χ2v) is 13.3. The Morgan fingerprint density at radius 2 is 1.47 bits per heavy atom. The average Bonchev–Trinajstić information content (AvgIpc) is 3.09. The van der Waals surface area contributed by atoms with Gasteiger partial charge < -0.3 is 28.8 Å². The van der Waals surface area contributed by atoms with E-state index >= 15 is 0 Å². The van der Waals surface area contributed by atoms with E-state index < -0.39 is 11.0 Å². The van der Waals surface area contributed by atoms with Crippen molar-refractivity contribution in [3.8, 4) is 11.5 Å². The normalized spacial score (nSPS) is 24.4. The molecule has 5 atom stereocenters. The van der Waals surface area contributed by atoms with Crippen LogP contribution in [0.5, 0.6) is 11.5 Å². The van der Waals surface area contributed by atoms with Crippen LogP contribution in [0.25, 0.3) is 0 Å². The largest absolute Gasteiger partial charge is 0.486 e. The van der Waals surface area contributed by atoms with Crippen LogP contribution in [-0.2, 0) is 38.8 Å². The summed E-state index contributed by atoms with van der Waals surface area (Å²) in [5.74, 6) is 1.59. The highest BCUT2D eigenvalue weighted by atomic mass is 32.2. The zero-order chi connectivity index (χ0) is 31.2. The van der Waals surface area contributed by atoms with Gasteiger partial charge in [0.1, 0.15) is 19.3 Å². The standard InChI is InChI=1S/C38H42O6S/c1-26-14-16-32(22-31(26)20-30-15-17-33-34(21-30)42-19-18-41-33)38(40-3)37(44-25-29-12-8-5-9-13-29)36(27(2)35(23-39)45-38)43-24-28-10-6-4-7-11-28/h4-17,21-22,27,35-37,39H,18-20,23-25H2,1-3H3/t27-,35-,36+,37-,38?/m1/s1. The van der Waals surface area contributed by atoms with Gasteiger partial charge in [-0.25, -0.2) is 0 Å². The van der Waals surface area contributed by atoms with Crippen LogP contribution in [0.4, 0.5) is 0 Å². The summed E-state index contributed by atoms with van der Waals surface area (Å²) >= 11 is 1.63. The number of hydrogen-bond donors (Lipinski definition) is 1. The number of thioether (sulfide) groups is 1. The van der Waals surface area contributed by atoms with Gasteiger partial charge in [0.05, 0.1) is 25.9 Å². The minimum Gasteiger partial charge on any atom is -0.486 e. The van der Waals surface area contributed by atoms with Gasteiger partial charge in [-0.15, -0.1) is 11.8 Å². The van der Waals surface area contributed by atoms with Gasteiger partial charge >= 0.3 is 0 Å². The summed E-state index contributed by atoms with van der Waals surface area (Å²) in [6.07, 6.45) is -0.0711. The second-order valence-electron chi connectivity index (χ2n) is 11.8. The summed E-state index contributed by atoms with van der Waals surface area (Å²) in [5.41, 5.74) is 6.67. The molecule has 45 heavy (non-hydrogen) atoms. The zero-order valence-electron chi connectivity index (χ0n) is 26.2. The van der Waals surface area contributed by atoms with Crippen LogP contribution < -0.4 is 9.47 Å². The van der Waals surface area contributed by atoms with Crippen LogP contribution in [0.1, 0.15) is 40.3 Å². The minimum atomic E-state index is -0.925. The van der Waals surface area contributed by atoms with Crippen molar-refractivity contribution >= 4 is 11.8 Å². The summed E-state index contributed by atoms with van der Waals surface area (Å²) in [7, 11) is 1.74. The maximum absolute atomic E-state index is 10.6. The molecule has 0 aromatic heterocycles. The maximum Gasteiger partial charge on any atom is 0.167 e. The molecule has 0 amide bonds. The molecule has 1 N–H and O–H groups in total. The number of ether oxygens (including phenoxy) is 5. The Hall–Kier alpha value is -3.33. The van der Waals surface area contributed by atoms with Crippen molar-refractivity contribution in [3.05, 3.63) is 130 Å².